The van der Waals surface area contributed by atoms with Gasteiger partial charge in [0, 0.05) is 56.1 Å². The molecule has 0 saturated carbocycles. The van der Waals surface area contributed by atoms with E-state index in [9.17, 15) is 0 Å². The summed E-state index contributed by atoms with van der Waals surface area (Å²) in [6, 6.07) is 6.38. The van der Waals surface area contributed by atoms with Gasteiger partial charge in [-0.1, -0.05) is 11.6 Å². The first kappa shape index (κ1) is 24.6. The highest BCUT2D eigenvalue weighted by atomic mass is 127. The molecule has 0 bridgehead atoms. The van der Waals surface area contributed by atoms with Crippen molar-refractivity contribution in [3.63, 3.8) is 0 Å². The number of guanidine groups is 1. The number of rotatable bonds is 8. The van der Waals surface area contributed by atoms with Crippen molar-refractivity contribution in [1.29, 1.82) is 0 Å². The maximum absolute atomic E-state index is 5.41. The summed E-state index contributed by atoms with van der Waals surface area (Å²) in [5.41, 5.74) is 2.58. The standard InChI is InChI=1S/C22H34N4O3.HI/c1-4-23-22(24-9-5-17-7-11-29-12-8-17)25-18-6-10-26(16-18)19-13-20(27-2)15-21(14-19)28-3;/h7,13-15,18H,4-6,8-12,16H2,1-3H3,(H2,23,24,25);1H. The average Bonchev–Trinajstić information content (AvgIpc) is 3.23. The molecule has 1 saturated heterocycles. The third kappa shape index (κ3) is 7.23. The fourth-order valence-corrected chi connectivity index (χ4v) is 3.70. The summed E-state index contributed by atoms with van der Waals surface area (Å²) in [6.45, 7) is 7.23. The quantitative estimate of drug-likeness (QED) is 0.233. The second-order valence-corrected chi connectivity index (χ2v) is 7.34. The van der Waals surface area contributed by atoms with E-state index in [0.29, 0.717) is 6.04 Å². The zero-order valence-electron chi connectivity index (χ0n) is 18.3. The van der Waals surface area contributed by atoms with Crippen molar-refractivity contribution in [2.24, 2.45) is 4.99 Å². The minimum absolute atomic E-state index is 0. The third-order valence-corrected chi connectivity index (χ3v) is 5.33. The zero-order valence-corrected chi connectivity index (χ0v) is 20.6. The maximum Gasteiger partial charge on any atom is 0.191 e. The number of nitrogens with one attached hydrogen (secondary N) is 2. The Morgan fingerprint density at radius 1 is 1.23 bits per heavy atom. The number of methoxy groups -OCH3 is 2. The van der Waals surface area contributed by atoms with Crippen LogP contribution >= 0.6 is 24.0 Å². The van der Waals surface area contributed by atoms with Gasteiger partial charge in [-0.2, -0.15) is 0 Å². The number of hydrogen-bond acceptors (Lipinski definition) is 5. The molecule has 7 nitrogen and oxygen atoms in total. The fraction of sp³-hybridized carbons (Fsp3) is 0.591. The number of nitrogens with zero attached hydrogens (tertiary/aromatic N) is 2. The fourth-order valence-electron chi connectivity index (χ4n) is 3.70. The van der Waals surface area contributed by atoms with Crippen LogP contribution in [0.3, 0.4) is 0 Å². The molecule has 0 amide bonds. The molecular formula is C22H35IN4O3. The molecule has 0 aliphatic carbocycles. The molecule has 30 heavy (non-hydrogen) atoms. The van der Waals surface area contributed by atoms with Crippen LogP contribution in [0.5, 0.6) is 11.5 Å². The molecule has 3 rings (SSSR count). The normalized spacial score (nSPS) is 19.0. The monoisotopic (exact) mass is 530 g/mol. The molecule has 2 heterocycles. The predicted octanol–water partition coefficient (Wildman–Crippen LogP) is 3.19. The van der Waals surface area contributed by atoms with Gasteiger partial charge in [0.2, 0.25) is 0 Å². The highest BCUT2D eigenvalue weighted by Crippen LogP contribution is 2.30. The van der Waals surface area contributed by atoms with Crippen LogP contribution in [0.4, 0.5) is 5.69 Å². The lowest BCUT2D eigenvalue weighted by molar-refractivity contribution is 0.153. The van der Waals surface area contributed by atoms with Gasteiger partial charge >= 0.3 is 0 Å². The van der Waals surface area contributed by atoms with Crippen LogP contribution in [0.1, 0.15) is 26.2 Å². The summed E-state index contributed by atoms with van der Waals surface area (Å²) in [5.74, 6) is 2.52. The molecule has 0 spiro atoms. The molecule has 2 aliphatic heterocycles. The van der Waals surface area contributed by atoms with Crippen LogP contribution in [-0.2, 0) is 4.74 Å². The van der Waals surface area contributed by atoms with Gasteiger partial charge in [0.1, 0.15) is 11.5 Å². The van der Waals surface area contributed by atoms with Crippen molar-refractivity contribution in [1.82, 2.24) is 10.6 Å². The van der Waals surface area contributed by atoms with Crippen LogP contribution in [0.15, 0.2) is 34.8 Å². The zero-order chi connectivity index (χ0) is 20.5. The van der Waals surface area contributed by atoms with Crippen LogP contribution < -0.4 is 25.0 Å². The first-order valence-electron chi connectivity index (χ1n) is 10.5. The van der Waals surface area contributed by atoms with Gasteiger partial charge in [-0.3, -0.25) is 4.99 Å². The molecular weight excluding hydrogens is 495 g/mol. The second kappa shape index (κ2) is 12.9. The van der Waals surface area contributed by atoms with Crippen LogP contribution in [-0.4, -0.2) is 65.6 Å². The molecule has 1 fully saturated rings. The number of ether oxygens (including phenoxy) is 3. The van der Waals surface area contributed by atoms with E-state index >= 15 is 0 Å². The molecule has 1 aromatic carbocycles. The summed E-state index contributed by atoms with van der Waals surface area (Å²) < 4.78 is 16.2. The Labute approximate surface area is 197 Å². The van der Waals surface area contributed by atoms with Crippen molar-refractivity contribution < 1.29 is 14.2 Å². The minimum atomic E-state index is 0. The SMILES string of the molecule is CCNC(=NCCC1=CCOCC1)NC1CCN(c2cc(OC)cc(OC)c2)C1.I. The lowest BCUT2D eigenvalue weighted by Crippen LogP contribution is -2.44. The molecule has 1 atom stereocenters. The molecule has 168 valence electrons. The Kier molecular flexibility index (Phi) is 10.6. The second-order valence-electron chi connectivity index (χ2n) is 7.34. The summed E-state index contributed by atoms with van der Waals surface area (Å²) >= 11 is 0. The molecule has 2 aliphatic rings. The van der Waals surface area contributed by atoms with Crippen molar-refractivity contribution in [3.8, 4) is 11.5 Å². The summed E-state index contributed by atoms with van der Waals surface area (Å²) in [7, 11) is 3.37. The number of halogens is 1. The number of aliphatic imine (C=N–C) groups is 1. The van der Waals surface area contributed by atoms with Gasteiger partial charge in [-0.25, -0.2) is 0 Å². The Bertz CT molecular complexity index is 704. The summed E-state index contributed by atoms with van der Waals surface area (Å²) in [5, 5.41) is 6.98. The first-order valence-corrected chi connectivity index (χ1v) is 10.5. The predicted molar refractivity (Wildman–Crippen MR) is 133 cm³/mol. The van der Waals surface area contributed by atoms with E-state index < -0.39 is 0 Å². The van der Waals surface area contributed by atoms with Crippen LogP contribution in [0.2, 0.25) is 0 Å². The molecule has 1 unspecified atom stereocenters. The lowest BCUT2D eigenvalue weighted by atomic mass is 10.1. The van der Waals surface area contributed by atoms with Gasteiger partial charge in [-0.15, -0.1) is 24.0 Å². The van der Waals surface area contributed by atoms with Gasteiger partial charge in [0.15, 0.2) is 5.96 Å². The molecule has 0 aromatic heterocycles. The lowest BCUT2D eigenvalue weighted by Gasteiger charge is -2.21. The van der Waals surface area contributed by atoms with Crippen molar-refractivity contribution in [2.45, 2.75) is 32.2 Å². The Balaban J connectivity index is 0.00000320. The first-order chi connectivity index (χ1) is 14.2. The van der Waals surface area contributed by atoms with E-state index in [1.165, 1.54) is 5.57 Å². The highest BCUT2D eigenvalue weighted by Gasteiger charge is 2.24. The van der Waals surface area contributed by atoms with Gasteiger partial charge in [0.25, 0.3) is 0 Å². The number of anilines is 1. The Morgan fingerprint density at radius 3 is 2.63 bits per heavy atom. The number of benzene rings is 1. The topological polar surface area (TPSA) is 67.4 Å². The van der Waals surface area contributed by atoms with E-state index in [2.05, 4.69) is 40.7 Å². The Hall–Kier alpha value is -1.68. The molecule has 8 heteroatoms. The smallest absolute Gasteiger partial charge is 0.191 e. The van der Waals surface area contributed by atoms with Gasteiger partial charge < -0.3 is 29.7 Å². The minimum Gasteiger partial charge on any atom is -0.497 e. The average molecular weight is 530 g/mol. The molecule has 0 radical (unpaired) electrons. The highest BCUT2D eigenvalue weighted by molar-refractivity contribution is 14.0. The maximum atomic E-state index is 5.41. The summed E-state index contributed by atoms with van der Waals surface area (Å²) in [4.78, 5) is 7.14. The Morgan fingerprint density at radius 2 is 2.00 bits per heavy atom. The van der Waals surface area contributed by atoms with Crippen LogP contribution in [0, 0.1) is 0 Å². The van der Waals surface area contributed by atoms with Gasteiger partial charge in [0.05, 0.1) is 27.4 Å². The van der Waals surface area contributed by atoms with Crippen LogP contribution in [0.25, 0.3) is 0 Å². The molecule has 1 aromatic rings. The van der Waals surface area contributed by atoms with E-state index in [1.54, 1.807) is 14.2 Å². The van der Waals surface area contributed by atoms with Gasteiger partial charge in [-0.05, 0) is 26.2 Å². The molecule has 2 N–H and O–H groups in total. The van der Waals surface area contributed by atoms with E-state index in [0.717, 1.165) is 81.8 Å². The van der Waals surface area contributed by atoms with E-state index in [4.69, 9.17) is 19.2 Å². The van der Waals surface area contributed by atoms with E-state index in [1.807, 2.05) is 6.07 Å². The van der Waals surface area contributed by atoms with Crippen molar-refractivity contribution in [2.75, 3.05) is 58.5 Å². The van der Waals surface area contributed by atoms with E-state index in [-0.39, 0.29) is 24.0 Å². The largest absolute Gasteiger partial charge is 0.497 e. The number of hydrogen-bond donors (Lipinski definition) is 2. The third-order valence-electron chi connectivity index (χ3n) is 5.33. The van der Waals surface area contributed by atoms with Crippen molar-refractivity contribution >= 4 is 35.6 Å². The summed E-state index contributed by atoms with van der Waals surface area (Å²) in [6.07, 6.45) is 5.28. The van der Waals surface area contributed by atoms with Crippen molar-refractivity contribution in [3.05, 3.63) is 29.8 Å².